The molecule has 0 fully saturated rings. The van der Waals surface area contributed by atoms with Crippen molar-refractivity contribution in [2.45, 2.75) is 26.3 Å². The van der Waals surface area contributed by atoms with Crippen molar-refractivity contribution in [3.8, 4) is 0 Å². The van der Waals surface area contributed by atoms with Crippen LogP contribution < -0.4 is 0 Å². The van der Waals surface area contributed by atoms with Gasteiger partial charge < -0.3 is 0 Å². The van der Waals surface area contributed by atoms with Gasteiger partial charge >= 0.3 is 0 Å². The van der Waals surface area contributed by atoms with E-state index in [4.69, 9.17) is 0 Å². The van der Waals surface area contributed by atoms with Crippen LogP contribution in [0.1, 0.15) is 41.3 Å². The third kappa shape index (κ3) is 4.02. The summed E-state index contributed by atoms with van der Waals surface area (Å²) in [6, 6.07) is 10.1. The van der Waals surface area contributed by atoms with Crippen LogP contribution >= 0.6 is 11.3 Å². The highest BCUT2D eigenvalue weighted by Gasteiger charge is 2.10. The maximum atomic E-state index is 12.2. The van der Waals surface area contributed by atoms with E-state index in [0.29, 0.717) is 12.5 Å². The fraction of sp³-hybridized carbons (Fsp3) is 0.353. The molecule has 3 heteroatoms. The second-order valence-electron chi connectivity index (χ2n) is 5.50. The van der Waals surface area contributed by atoms with Crippen molar-refractivity contribution >= 4 is 17.1 Å². The monoisotopic (exact) mass is 287 g/mol. The van der Waals surface area contributed by atoms with Crippen molar-refractivity contribution in [2.75, 3.05) is 13.6 Å². The predicted molar refractivity (Wildman–Crippen MR) is 85.5 cm³/mol. The molecule has 0 aliphatic rings. The molecule has 0 saturated heterocycles. The predicted octanol–water partition coefficient (Wildman–Crippen LogP) is 4.19. The zero-order chi connectivity index (χ0) is 14.5. The summed E-state index contributed by atoms with van der Waals surface area (Å²) in [6.45, 7) is 5.59. The first-order chi connectivity index (χ1) is 9.56. The Labute approximate surface area is 125 Å². The maximum Gasteiger partial charge on any atom is 0.176 e. The van der Waals surface area contributed by atoms with E-state index in [9.17, 15) is 4.79 Å². The normalized spacial score (nSPS) is 11.2. The van der Waals surface area contributed by atoms with Crippen molar-refractivity contribution in [3.63, 3.8) is 0 Å². The first-order valence-corrected chi connectivity index (χ1v) is 7.83. The van der Waals surface area contributed by atoms with Crippen LogP contribution in [0.15, 0.2) is 41.1 Å². The van der Waals surface area contributed by atoms with Gasteiger partial charge in [-0.1, -0.05) is 38.1 Å². The first-order valence-electron chi connectivity index (χ1n) is 6.89. The van der Waals surface area contributed by atoms with Crippen LogP contribution in [0.25, 0.3) is 0 Å². The minimum absolute atomic E-state index is 0.179. The van der Waals surface area contributed by atoms with Crippen LogP contribution in [0, 0.1) is 0 Å². The number of hydrogen-bond donors (Lipinski definition) is 0. The number of hydrogen-bond acceptors (Lipinski definition) is 3. The maximum absolute atomic E-state index is 12.2. The second kappa shape index (κ2) is 6.82. The Kier molecular flexibility index (Phi) is 5.10. The Bertz CT molecular complexity index is 543. The van der Waals surface area contributed by atoms with Gasteiger partial charge in [0.2, 0.25) is 0 Å². The van der Waals surface area contributed by atoms with Gasteiger partial charge in [0.1, 0.15) is 0 Å². The highest BCUT2D eigenvalue weighted by atomic mass is 32.1. The van der Waals surface area contributed by atoms with Crippen LogP contribution in [0.5, 0.6) is 0 Å². The Morgan fingerprint density at radius 3 is 2.45 bits per heavy atom. The van der Waals surface area contributed by atoms with E-state index >= 15 is 0 Å². The second-order valence-corrected chi connectivity index (χ2v) is 6.28. The van der Waals surface area contributed by atoms with Crippen LogP contribution in [-0.2, 0) is 6.54 Å². The molecule has 2 nitrogen and oxygen atoms in total. The molecule has 2 rings (SSSR count). The van der Waals surface area contributed by atoms with Crippen LogP contribution in [0.4, 0.5) is 0 Å². The quantitative estimate of drug-likeness (QED) is 0.743. The zero-order valence-electron chi connectivity index (χ0n) is 12.3. The molecule has 0 saturated carbocycles. The van der Waals surface area contributed by atoms with Crippen molar-refractivity contribution in [1.29, 1.82) is 0 Å². The standard InChI is InChI=1S/C17H21NOS/c1-13(2)15-4-6-16(7-5-15)17(19)11-18(3)10-14-8-9-20-12-14/h4-9,12-13H,10-11H2,1-3H3. The van der Waals surface area contributed by atoms with E-state index in [1.54, 1.807) is 11.3 Å². The molecule has 0 bridgehead atoms. The summed E-state index contributed by atoms with van der Waals surface area (Å²) in [7, 11) is 1.98. The topological polar surface area (TPSA) is 20.3 Å². The molecule has 1 heterocycles. The Morgan fingerprint density at radius 1 is 1.20 bits per heavy atom. The van der Waals surface area contributed by atoms with Gasteiger partial charge in [-0.3, -0.25) is 9.69 Å². The van der Waals surface area contributed by atoms with Crippen LogP contribution in [0.2, 0.25) is 0 Å². The van der Waals surface area contributed by atoms with Gasteiger partial charge in [0, 0.05) is 12.1 Å². The Hall–Kier alpha value is -1.45. The molecular weight excluding hydrogens is 266 g/mol. The first kappa shape index (κ1) is 14.9. The number of carbonyl (C=O) groups is 1. The minimum atomic E-state index is 0.179. The molecule has 0 unspecified atom stereocenters. The summed E-state index contributed by atoms with van der Waals surface area (Å²) in [5, 5.41) is 4.19. The molecule has 0 N–H and O–H groups in total. The lowest BCUT2D eigenvalue weighted by molar-refractivity contribution is 0.0943. The Morgan fingerprint density at radius 2 is 1.90 bits per heavy atom. The number of benzene rings is 1. The molecule has 106 valence electrons. The minimum Gasteiger partial charge on any atom is -0.295 e. The van der Waals surface area contributed by atoms with Gasteiger partial charge in [-0.2, -0.15) is 11.3 Å². The van der Waals surface area contributed by atoms with Gasteiger partial charge in [0.15, 0.2) is 5.78 Å². The molecule has 20 heavy (non-hydrogen) atoms. The van der Waals surface area contributed by atoms with Gasteiger partial charge in [0.25, 0.3) is 0 Å². The van der Waals surface area contributed by atoms with Crippen molar-refractivity contribution < 1.29 is 4.79 Å². The van der Waals surface area contributed by atoms with Crippen molar-refractivity contribution in [2.24, 2.45) is 0 Å². The van der Waals surface area contributed by atoms with Crippen LogP contribution in [0.3, 0.4) is 0 Å². The SMILES string of the molecule is CC(C)c1ccc(C(=O)CN(C)Cc2ccsc2)cc1. The fourth-order valence-electron chi connectivity index (χ4n) is 2.14. The third-order valence-corrected chi connectivity index (χ3v) is 4.08. The van der Waals surface area contributed by atoms with Crippen molar-refractivity contribution in [1.82, 2.24) is 4.90 Å². The fourth-order valence-corrected chi connectivity index (χ4v) is 2.80. The van der Waals surface area contributed by atoms with E-state index < -0.39 is 0 Å². The molecule has 0 atom stereocenters. The molecule has 1 aromatic heterocycles. The lowest BCUT2D eigenvalue weighted by Gasteiger charge is -2.15. The summed E-state index contributed by atoms with van der Waals surface area (Å²) in [4.78, 5) is 14.3. The number of likely N-dealkylation sites (N-methyl/N-ethyl adjacent to an activating group) is 1. The average molecular weight is 287 g/mol. The summed E-state index contributed by atoms with van der Waals surface area (Å²) >= 11 is 1.69. The number of carbonyl (C=O) groups excluding carboxylic acids is 1. The number of nitrogens with zero attached hydrogens (tertiary/aromatic N) is 1. The summed E-state index contributed by atoms with van der Waals surface area (Å²) in [6.07, 6.45) is 0. The van der Waals surface area contributed by atoms with E-state index in [2.05, 4.69) is 47.7 Å². The summed E-state index contributed by atoms with van der Waals surface area (Å²) < 4.78 is 0. The number of thiophene rings is 1. The van der Waals surface area contributed by atoms with Gasteiger partial charge in [-0.15, -0.1) is 0 Å². The molecule has 0 aliphatic heterocycles. The molecule has 0 amide bonds. The van der Waals surface area contributed by atoms with Crippen LogP contribution in [-0.4, -0.2) is 24.3 Å². The van der Waals surface area contributed by atoms with E-state index in [1.165, 1.54) is 11.1 Å². The number of ketones is 1. The Balaban J connectivity index is 1.93. The lowest BCUT2D eigenvalue weighted by Crippen LogP contribution is -2.25. The van der Waals surface area contributed by atoms with Gasteiger partial charge in [-0.05, 0) is 40.9 Å². The summed E-state index contributed by atoms with van der Waals surface area (Å²) in [5.74, 6) is 0.679. The molecule has 1 aromatic carbocycles. The lowest BCUT2D eigenvalue weighted by atomic mass is 10.0. The zero-order valence-corrected chi connectivity index (χ0v) is 13.1. The van der Waals surface area contributed by atoms with Gasteiger partial charge in [-0.25, -0.2) is 0 Å². The molecular formula is C17H21NOS. The van der Waals surface area contributed by atoms with E-state index in [0.717, 1.165) is 12.1 Å². The molecule has 0 radical (unpaired) electrons. The molecule has 0 spiro atoms. The van der Waals surface area contributed by atoms with Gasteiger partial charge in [0.05, 0.1) is 6.54 Å². The molecule has 0 aliphatic carbocycles. The highest BCUT2D eigenvalue weighted by molar-refractivity contribution is 7.07. The molecule has 2 aromatic rings. The van der Waals surface area contributed by atoms with E-state index in [-0.39, 0.29) is 5.78 Å². The average Bonchev–Trinajstić information content (AvgIpc) is 2.91. The smallest absolute Gasteiger partial charge is 0.176 e. The summed E-state index contributed by atoms with van der Waals surface area (Å²) in [5.41, 5.74) is 3.33. The van der Waals surface area contributed by atoms with Crippen molar-refractivity contribution in [3.05, 3.63) is 57.8 Å². The van der Waals surface area contributed by atoms with E-state index in [1.807, 2.05) is 19.2 Å². The third-order valence-electron chi connectivity index (χ3n) is 3.35. The largest absolute Gasteiger partial charge is 0.295 e. The number of rotatable bonds is 6. The highest BCUT2D eigenvalue weighted by Crippen LogP contribution is 2.15. The number of Topliss-reactive ketones (excluding diaryl/α,β-unsaturated/α-hetero) is 1.